The predicted molar refractivity (Wildman–Crippen MR) is 97.4 cm³/mol. The van der Waals surface area contributed by atoms with Gasteiger partial charge in [0.15, 0.2) is 17.3 Å². The summed E-state index contributed by atoms with van der Waals surface area (Å²) < 4.78 is 18.2. The predicted octanol–water partition coefficient (Wildman–Crippen LogP) is 3.51. The Morgan fingerprint density at radius 1 is 1.19 bits per heavy atom. The van der Waals surface area contributed by atoms with E-state index in [0.29, 0.717) is 17.4 Å². The van der Waals surface area contributed by atoms with Gasteiger partial charge in [-0.1, -0.05) is 13.0 Å². The minimum Gasteiger partial charge on any atom is -0.493 e. The number of nitrogens with zero attached hydrogens (tertiary/aromatic N) is 3. The fourth-order valence-corrected chi connectivity index (χ4v) is 3.04. The first-order valence-corrected chi connectivity index (χ1v) is 8.43. The summed E-state index contributed by atoms with van der Waals surface area (Å²) in [4.78, 5) is 4.58. The van der Waals surface area contributed by atoms with Crippen molar-refractivity contribution in [3.05, 3.63) is 59.8 Å². The monoisotopic (exact) mass is 352 g/mol. The van der Waals surface area contributed by atoms with E-state index in [0.717, 1.165) is 29.3 Å². The van der Waals surface area contributed by atoms with Gasteiger partial charge in [-0.05, 0) is 35.9 Å². The van der Waals surface area contributed by atoms with E-state index in [4.69, 9.17) is 13.9 Å². The lowest BCUT2D eigenvalue weighted by Gasteiger charge is -2.24. The highest BCUT2D eigenvalue weighted by atomic mass is 16.5. The summed E-state index contributed by atoms with van der Waals surface area (Å²) in [5.41, 5.74) is 1.87. The van der Waals surface area contributed by atoms with Crippen molar-refractivity contribution in [2.24, 2.45) is 0 Å². The summed E-state index contributed by atoms with van der Waals surface area (Å²) in [6, 6.07) is 9.50. The van der Waals surface area contributed by atoms with Gasteiger partial charge >= 0.3 is 0 Å². The van der Waals surface area contributed by atoms with Crippen molar-refractivity contribution in [3.63, 3.8) is 0 Å². The summed E-state index contributed by atoms with van der Waals surface area (Å²) >= 11 is 0. The van der Waals surface area contributed by atoms with Gasteiger partial charge in [0.25, 0.3) is 0 Å². The molecule has 7 nitrogen and oxygen atoms in total. The number of benzene rings is 1. The van der Waals surface area contributed by atoms with Crippen LogP contribution in [0, 0.1) is 0 Å². The van der Waals surface area contributed by atoms with Gasteiger partial charge in [-0.25, -0.2) is 4.68 Å². The molecule has 0 amide bonds. The van der Waals surface area contributed by atoms with E-state index in [2.05, 4.69) is 21.5 Å². The first kappa shape index (κ1) is 16.3. The fraction of sp³-hybridized carbons (Fsp3) is 0.263. The number of furan rings is 1. The molecule has 134 valence electrons. The second kappa shape index (κ2) is 6.59. The van der Waals surface area contributed by atoms with Crippen LogP contribution in [0.1, 0.15) is 30.1 Å². The lowest BCUT2D eigenvalue weighted by Crippen LogP contribution is -2.20. The maximum Gasteiger partial charge on any atom is 0.226 e. The highest BCUT2D eigenvalue weighted by Crippen LogP contribution is 2.36. The van der Waals surface area contributed by atoms with Crippen LogP contribution in [-0.2, 0) is 6.42 Å². The third-order valence-electron chi connectivity index (χ3n) is 4.36. The Balaban J connectivity index is 1.83. The molecule has 26 heavy (non-hydrogen) atoms. The molecule has 1 atom stereocenters. The summed E-state index contributed by atoms with van der Waals surface area (Å²) in [6.07, 6.45) is 4.48. The Kier molecular flexibility index (Phi) is 4.12. The Morgan fingerprint density at radius 2 is 2.04 bits per heavy atom. The zero-order valence-electron chi connectivity index (χ0n) is 14.9. The number of anilines is 1. The number of aromatic nitrogens is 3. The zero-order chi connectivity index (χ0) is 18.1. The number of hydrogen-bond donors (Lipinski definition) is 1. The summed E-state index contributed by atoms with van der Waals surface area (Å²) in [7, 11) is 3.25. The van der Waals surface area contributed by atoms with E-state index >= 15 is 0 Å². The molecule has 1 N–H and O–H groups in total. The van der Waals surface area contributed by atoms with Crippen LogP contribution in [0.2, 0.25) is 0 Å². The average molecular weight is 352 g/mol. The van der Waals surface area contributed by atoms with Crippen LogP contribution in [0.4, 0.5) is 5.95 Å². The Hall–Kier alpha value is -3.22. The lowest BCUT2D eigenvalue weighted by atomic mass is 10.0. The first-order valence-electron chi connectivity index (χ1n) is 8.43. The number of fused-ring (bicyclic) bond motifs is 1. The van der Waals surface area contributed by atoms with Crippen molar-refractivity contribution >= 4 is 11.6 Å². The van der Waals surface area contributed by atoms with Crippen LogP contribution in [0.15, 0.2) is 47.1 Å². The van der Waals surface area contributed by atoms with Crippen molar-refractivity contribution in [2.45, 2.75) is 19.4 Å². The fourth-order valence-electron chi connectivity index (χ4n) is 3.04. The van der Waals surface area contributed by atoms with E-state index < -0.39 is 0 Å². The minimum absolute atomic E-state index is 0.140. The van der Waals surface area contributed by atoms with E-state index in [1.54, 1.807) is 20.5 Å². The molecule has 1 aliphatic heterocycles. The van der Waals surface area contributed by atoms with Gasteiger partial charge in [0, 0.05) is 6.42 Å². The Morgan fingerprint density at radius 3 is 2.73 bits per heavy atom. The zero-order valence-corrected chi connectivity index (χ0v) is 14.9. The molecule has 0 unspecified atom stereocenters. The maximum atomic E-state index is 5.55. The van der Waals surface area contributed by atoms with Gasteiger partial charge < -0.3 is 19.2 Å². The van der Waals surface area contributed by atoms with E-state index in [1.165, 1.54) is 0 Å². The number of rotatable bonds is 5. The van der Waals surface area contributed by atoms with E-state index in [9.17, 15) is 0 Å². The molecule has 4 rings (SSSR count). The van der Waals surface area contributed by atoms with Crippen molar-refractivity contribution in [1.82, 2.24) is 14.8 Å². The molecule has 7 heteroatoms. The third kappa shape index (κ3) is 2.71. The molecule has 0 bridgehead atoms. The Labute approximate surface area is 151 Å². The van der Waals surface area contributed by atoms with Crippen LogP contribution in [0.5, 0.6) is 11.5 Å². The van der Waals surface area contributed by atoms with Crippen molar-refractivity contribution in [2.75, 3.05) is 19.5 Å². The number of aryl methyl sites for hydroxylation is 1. The van der Waals surface area contributed by atoms with Crippen molar-refractivity contribution < 1.29 is 13.9 Å². The van der Waals surface area contributed by atoms with Crippen molar-refractivity contribution in [1.29, 1.82) is 0 Å². The van der Waals surface area contributed by atoms with Crippen LogP contribution < -0.4 is 14.8 Å². The smallest absolute Gasteiger partial charge is 0.226 e. The molecular formula is C19H20N4O3. The molecule has 0 fully saturated rings. The molecule has 3 aromatic rings. The molecular weight excluding hydrogens is 332 g/mol. The van der Waals surface area contributed by atoms with Crippen LogP contribution >= 0.6 is 0 Å². The van der Waals surface area contributed by atoms with E-state index in [1.807, 2.05) is 41.9 Å². The minimum atomic E-state index is -0.140. The van der Waals surface area contributed by atoms with Gasteiger partial charge in [-0.15, -0.1) is 0 Å². The number of methoxy groups -OCH3 is 2. The van der Waals surface area contributed by atoms with Gasteiger partial charge in [0.05, 0.1) is 26.2 Å². The standard InChI is InChI=1S/C19H20N4O3/c1-4-18-21-19-20-13(15-6-5-9-26-15)11-14(23(19)22-18)12-7-8-16(24-2)17(10-12)25-3/h5-11,14H,4H2,1-3H3,(H,20,21,22)/t14-/m1/s1. The SMILES string of the molecule is CCc1nc2n(n1)[C@@H](c1ccc(OC)c(OC)c1)C=C(c1ccco1)N2. The van der Waals surface area contributed by atoms with Gasteiger partial charge in [0.2, 0.25) is 5.95 Å². The largest absolute Gasteiger partial charge is 0.493 e. The summed E-state index contributed by atoms with van der Waals surface area (Å²) in [6.45, 7) is 2.04. The molecule has 1 aliphatic rings. The summed E-state index contributed by atoms with van der Waals surface area (Å²) in [5, 5.41) is 7.94. The van der Waals surface area contributed by atoms with Gasteiger partial charge in [0.1, 0.15) is 11.8 Å². The number of nitrogens with one attached hydrogen (secondary N) is 1. The topological polar surface area (TPSA) is 74.3 Å². The Bertz CT molecular complexity index is 944. The van der Waals surface area contributed by atoms with Gasteiger partial charge in [-0.3, -0.25) is 0 Å². The van der Waals surface area contributed by atoms with Gasteiger partial charge in [-0.2, -0.15) is 10.1 Å². The van der Waals surface area contributed by atoms with E-state index in [-0.39, 0.29) is 6.04 Å². The normalized spacial score (nSPS) is 15.8. The molecule has 2 aromatic heterocycles. The lowest BCUT2D eigenvalue weighted by molar-refractivity contribution is 0.354. The molecule has 1 aromatic carbocycles. The quantitative estimate of drug-likeness (QED) is 0.757. The third-order valence-corrected chi connectivity index (χ3v) is 4.36. The number of allylic oxidation sites excluding steroid dienone is 1. The maximum absolute atomic E-state index is 5.55. The second-order valence-electron chi connectivity index (χ2n) is 5.89. The highest BCUT2D eigenvalue weighted by Gasteiger charge is 2.26. The molecule has 3 heterocycles. The van der Waals surface area contributed by atoms with Crippen LogP contribution in [0.25, 0.3) is 5.70 Å². The van der Waals surface area contributed by atoms with Crippen molar-refractivity contribution in [3.8, 4) is 11.5 Å². The molecule has 0 saturated heterocycles. The molecule has 0 radical (unpaired) electrons. The van der Waals surface area contributed by atoms with Crippen LogP contribution in [-0.4, -0.2) is 29.0 Å². The van der Waals surface area contributed by atoms with Crippen LogP contribution in [0.3, 0.4) is 0 Å². The number of ether oxygens (including phenoxy) is 2. The molecule has 0 spiro atoms. The first-order chi connectivity index (χ1) is 12.7. The molecule has 0 aliphatic carbocycles. The highest BCUT2D eigenvalue weighted by molar-refractivity contribution is 5.74. The second-order valence-corrected chi connectivity index (χ2v) is 5.89. The molecule has 0 saturated carbocycles. The number of hydrogen-bond acceptors (Lipinski definition) is 6. The average Bonchev–Trinajstić information content (AvgIpc) is 3.35. The summed E-state index contributed by atoms with van der Waals surface area (Å²) in [5.74, 6) is 3.59.